The minimum Gasteiger partial charge on any atom is -0.366 e. The second-order valence-electron chi connectivity index (χ2n) is 8.33. The van der Waals surface area contributed by atoms with Crippen molar-refractivity contribution in [2.24, 2.45) is 0 Å². The van der Waals surface area contributed by atoms with Crippen LogP contribution < -0.4 is 4.90 Å². The fourth-order valence-corrected chi connectivity index (χ4v) is 5.65. The van der Waals surface area contributed by atoms with Gasteiger partial charge in [0.15, 0.2) is 5.16 Å². The zero-order valence-corrected chi connectivity index (χ0v) is 18.8. The van der Waals surface area contributed by atoms with Crippen LogP contribution in [0.2, 0.25) is 0 Å². The van der Waals surface area contributed by atoms with Crippen molar-refractivity contribution >= 4 is 23.4 Å². The van der Waals surface area contributed by atoms with Crippen molar-refractivity contribution in [3.05, 3.63) is 41.5 Å². The molecule has 30 heavy (non-hydrogen) atoms. The topological polar surface area (TPSA) is 41.4 Å². The molecule has 5 nitrogen and oxygen atoms in total. The molecule has 0 radical (unpaired) electrons. The van der Waals surface area contributed by atoms with E-state index < -0.39 is 0 Å². The number of halogens is 1. The van der Waals surface area contributed by atoms with E-state index >= 15 is 0 Å². The number of benzene rings is 1. The third-order valence-electron chi connectivity index (χ3n) is 6.44. The van der Waals surface area contributed by atoms with E-state index in [-0.39, 0.29) is 11.7 Å². The molecule has 1 aromatic heterocycles. The molecule has 2 heterocycles. The molecular formula is C23H31FN4OS. The number of amides is 1. The van der Waals surface area contributed by atoms with Gasteiger partial charge in [-0.15, -0.1) is 0 Å². The monoisotopic (exact) mass is 430 g/mol. The lowest BCUT2D eigenvalue weighted by Crippen LogP contribution is -2.49. The predicted molar refractivity (Wildman–Crippen MR) is 120 cm³/mol. The summed E-state index contributed by atoms with van der Waals surface area (Å²) in [7, 11) is 0. The molecule has 1 saturated heterocycles. The summed E-state index contributed by atoms with van der Waals surface area (Å²) in [5.74, 6) is 0.345. The number of imidazole rings is 1. The van der Waals surface area contributed by atoms with Crippen LogP contribution in [-0.4, -0.2) is 52.3 Å². The molecule has 0 bridgehead atoms. The molecule has 2 aliphatic rings. The number of hydrogen-bond acceptors (Lipinski definition) is 4. The lowest BCUT2D eigenvalue weighted by Gasteiger charge is -2.36. The number of thioether (sulfide) groups is 1. The number of nitrogens with zero attached hydrogens (tertiary/aromatic N) is 4. The number of piperazine rings is 1. The standard InChI is InChI=1S/C23H31FN4OS/c1-17-18(2)28(19-8-4-3-5-9-19)23(25-17)30-16-22(29)27-14-12-26(13-15-27)21-11-7-6-10-20(21)24/h6-7,10-11,19H,3-5,8-9,12-16H2,1-2H3. The lowest BCUT2D eigenvalue weighted by molar-refractivity contribution is -0.128. The van der Waals surface area contributed by atoms with Gasteiger partial charge in [-0.25, -0.2) is 9.37 Å². The van der Waals surface area contributed by atoms with E-state index in [1.54, 1.807) is 23.9 Å². The van der Waals surface area contributed by atoms with Crippen LogP contribution in [-0.2, 0) is 4.79 Å². The maximum atomic E-state index is 14.0. The largest absolute Gasteiger partial charge is 0.366 e. The summed E-state index contributed by atoms with van der Waals surface area (Å²) < 4.78 is 16.4. The Kier molecular flexibility index (Phi) is 6.66. The van der Waals surface area contributed by atoms with Crippen molar-refractivity contribution < 1.29 is 9.18 Å². The van der Waals surface area contributed by atoms with Gasteiger partial charge in [-0.1, -0.05) is 43.2 Å². The third kappa shape index (κ3) is 4.51. The van der Waals surface area contributed by atoms with E-state index in [9.17, 15) is 9.18 Å². The number of anilines is 1. The Morgan fingerprint density at radius 2 is 1.80 bits per heavy atom. The lowest BCUT2D eigenvalue weighted by atomic mass is 9.95. The molecule has 1 aliphatic carbocycles. The number of para-hydroxylation sites is 1. The number of aromatic nitrogens is 2. The molecular weight excluding hydrogens is 399 g/mol. The first-order chi connectivity index (χ1) is 14.5. The van der Waals surface area contributed by atoms with Crippen LogP contribution in [0, 0.1) is 19.7 Å². The van der Waals surface area contributed by atoms with E-state index in [1.807, 2.05) is 15.9 Å². The first kappa shape index (κ1) is 21.2. The Labute approximate surface area is 182 Å². The maximum absolute atomic E-state index is 14.0. The highest BCUT2D eigenvalue weighted by molar-refractivity contribution is 7.99. The Morgan fingerprint density at radius 3 is 2.50 bits per heavy atom. The molecule has 1 saturated carbocycles. The minimum atomic E-state index is -0.201. The summed E-state index contributed by atoms with van der Waals surface area (Å²) in [6.07, 6.45) is 6.28. The van der Waals surface area contributed by atoms with Gasteiger partial charge in [0.05, 0.1) is 17.1 Å². The van der Waals surface area contributed by atoms with Gasteiger partial charge in [0.2, 0.25) is 5.91 Å². The van der Waals surface area contributed by atoms with E-state index in [0.29, 0.717) is 43.7 Å². The molecule has 1 aromatic carbocycles. The number of aryl methyl sites for hydroxylation is 1. The summed E-state index contributed by atoms with van der Waals surface area (Å²) in [6.45, 7) is 6.78. The molecule has 0 spiro atoms. The summed E-state index contributed by atoms with van der Waals surface area (Å²) in [6, 6.07) is 7.36. The van der Waals surface area contributed by atoms with Gasteiger partial charge in [0, 0.05) is 37.9 Å². The van der Waals surface area contributed by atoms with Crippen molar-refractivity contribution in [3.63, 3.8) is 0 Å². The van der Waals surface area contributed by atoms with Gasteiger partial charge >= 0.3 is 0 Å². The molecule has 7 heteroatoms. The highest BCUT2D eigenvalue weighted by Crippen LogP contribution is 2.34. The summed E-state index contributed by atoms with van der Waals surface area (Å²) in [5.41, 5.74) is 2.92. The van der Waals surface area contributed by atoms with E-state index in [0.717, 1.165) is 10.9 Å². The van der Waals surface area contributed by atoms with Crippen LogP contribution in [0.25, 0.3) is 0 Å². The van der Waals surface area contributed by atoms with E-state index in [4.69, 9.17) is 4.98 Å². The maximum Gasteiger partial charge on any atom is 0.233 e. The Bertz CT molecular complexity index is 885. The van der Waals surface area contributed by atoms with Crippen molar-refractivity contribution in [1.82, 2.24) is 14.5 Å². The molecule has 4 rings (SSSR count). The van der Waals surface area contributed by atoms with Crippen LogP contribution in [0.15, 0.2) is 29.4 Å². The smallest absolute Gasteiger partial charge is 0.233 e. The van der Waals surface area contributed by atoms with Gasteiger partial charge in [0.25, 0.3) is 0 Å². The Balaban J connectivity index is 1.35. The predicted octanol–water partition coefficient (Wildman–Crippen LogP) is 4.59. The minimum absolute atomic E-state index is 0.140. The van der Waals surface area contributed by atoms with Crippen LogP contribution in [0.3, 0.4) is 0 Å². The number of carbonyl (C=O) groups is 1. The van der Waals surface area contributed by atoms with Gasteiger partial charge in [-0.2, -0.15) is 0 Å². The zero-order chi connectivity index (χ0) is 21.1. The summed E-state index contributed by atoms with van der Waals surface area (Å²) in [4.78, 5) is 21.5. The van der Waals surface area contributed by atoms with Gasteiger partial charge in [0.1, 0.15) is 5.82 Å². The Hall–Kier alpha value is -2.02. The summed E-state index contributed by atoms with van der Waals surface area (Å²) >= 11 is 1.56. The molecule has 2 fully saturated rings. The second kappa shape index (κ2) is 9.41. The molecule has 162 valence electrons. The highest BCUT2D eigenvalue weighted by Gasteiger charge is 2.25. The first-order valence-electron chi connectivity index (χ1n) is 11.0. The fraction of sp³-hybridized carbons (Fsp3) is 0.565. The highest BCUT2D eigenvalue weighted by atomic mass is 32.2. The van der Waals surface area contributed by atoms with Crippen LogP contribution in [0.5, 0.6) is 0 Å². The SMILES string of the molecule is Cc1nc(SCC(=O)N2CCN(c3ccccc3F)CC2)n(C2CCCCC2)c1C. The van der Waals surface area contributed by atoms with Crippen molar-refractivity contribution in [2.45, 2.75) is 57.1 Å². The summed E-state index contributed by atoms with van der Waals surface area (Å²) in [5, 5.41) is 0.982. The van der Waals surface area contributed by atoms with E-state index in [1.165, 1.54) is 43.9 Å². The fourth-order valence-electron chi connectivity index (χ4n) is 4.59. The van der Waals surface area contributed by atoms with Gasteiger partial charge in [-0.3, -0.25) is 4.79 Å². The van der Waals surface area contributed by atoms with Gasteiger partial charge in [-0.05, 0) is 38.8 Å². The Morgan fingerprint density at radius 1 is 1.10 bits per heavy atom. The first-order valence-corrected chi connectivity index (χ1v) is 12.0. The molecule has 0 N–H and O–H groups in total. The molecule has 0 atom stereocenters. The van der Waals surface area contributed by atoms with Crippen molar-refractivity contribution in [3.8, 4) is 0 Å². The van der Waals surface area contributed by atoms with Gasteiger partial charge < -0.3 is 14.4 Å². The quantitative estimate of drug-likeness (QED) is 0.651. The van der Waals surface area contributed by atoms with Crippen molar-refractivity contribution in [1.29, 1.82) is 0 Å². The van der Waals surface area contributed by atoms with Crippen LogP contribution >= 0.6 is 11.8 Å². The third-order valence-corrected chi connectivity index (χ3v) is 7.38. The number of carbonyl (C=O) groups excluding carboxylic acids is 1. The van der Waals surface area contributed by atoms with Crippen LogP contribution in [0.4, 0.5) is 10.1 Å². The number of hydrogen-bond donors (Lipinski definition) is 0. The molecule has 2 aromatic rings. The molecule has 1 aliphatic heterocycles. The average Bonchev–Trinajstić information content (AvgIpc) is 3.06. The average molecular weight is 431 g/mol. The number of rotatable bonds is 5. The zero-order valence-electron chi connectivity index (χ0n) is 17.9. The molecule has 0 unspecified atom stereocenters. The normalized spacial score (nSPS) is 18.1. The van der Waals surface area contributed by atoms with Crippen molar-refractivity contribution in [2.75, 3.05) is 36.8 Å². The van der Waals surface area contributed by atoms with E-state index in [2.05, 4.69) is 18.4 Å². The molecule has 1 amide bonds. The van der Waals surface area contributed by atoms with Crippen LogP contribution in [0.1, 0.15) is 49.5 Å². The second-order valence-corrected chi connectivity index (χ2v) is 9.28.